The number of fused-ring (bicyclic) bond motifs is 2. The average molecular weight is 520 g/mol. The van der Waals surface area contributed by atoms with Crippen molar-refractivity contribution in [1.29, 1.82) is 0 Å². The molecule has 0 aliphatic rings. The smallest absolute Gasteiger partial charge is 0.264 e. The monoisotopic (exact) mass is 519 g/mol. The highest BCUT2D eigenvalue weighted by Gasteiger charge is 2.23. The molecule has 0 radical (unpaired) electrons. The topological polar surface area (TPSA) is 82.7 Å². The number of pyridine rings is 1. The van der Waals surface area contributed by atoms with E-state index in [9.17, 15) is 9.59 Å². The van der Waals surface area contributed by atoms with Gasteiger partial charge in [-0.3, -0.25) is 18.7 Å². The van der Waals surface area contributed by atoms with Gasteiger partial charge in [0.05, 0.1) is 22.1 Å². The second-order valence-electron chi connectivity index (χ2n) is 9.27. The van der Waals surface area contributed by atoms with Gasteiger partial charge in [-0.2, -0.15) is 0 Å². The molecule has 0 spiro atoms. The van der Waals surface area contributed by atoms with Crippen LogP contribution in [0.1, 0.15) is 20.7 Å². The van der Waals surface area contributed by atoms with Crippen molar-refractivity contribution in [3.8, 4) is 23.0 Å². The van der Waals surface area contributed by atoms with Crippen molar-refractivity contribution < 1.29 is 9.59 Å². The number of hydrogen-bond acceptors (Lipinski definition) is 5. The maximum Gasteiger partial charge on any atom is 0.264 e. The van der Waals surface area contributed by atoms with Crippen LogP contribution in [-0.4, -0.2) is 35.9 Å². The van der Waals surface area contributed by atoms with Crippen LogP contribution in [0, 0.1) is 0 Å². The van der Waals surface area contributed by atoms with Crippen LogP contribution in [0.2, 0.25) is 0 Å². The highest BCUT2D eigenvalue weighted by Crippen LogP contribution is 2.29. The zero-order valence-electron chi connectivity index (χ0n) is 21.2. The first-order chi connectivity index (χ1) is 19.7. The predicted octanol–water partition coefficient (Wildman–Crippen LogP) is 6.49. The average Bonchev–Trinajstić information content (AvgIpc) is 3.61. The van der Waals surface area contributed by atoms with E-state index in [0.29, 0.717) is 56.2 Å². The lowest BCUT2D eigenvalue weighted by Gasteiger charge is -2.10. The van der Waals surface area contributed by atoms with Crippen LogP contribution >= 0.6 is 0 Å². The Kier molecular flexibility index (Phi) is 5.60. The summed E-state index contributed by atoms with van der Waals surface area (Å²) >= 11 is 0. The summed E-state index contributed by atoms with van der Waals surface area (Å²) in [6, 6.07) is 38.7. The molecule has 190 valence electrons. The molecule has 7 heteroatoms. The molecule has 0 fully saturated rings. The van der Waals surface area contributed by atoms with Crippen molar-refractivity contribution in [3.05, 3.63) is 139 Å². The van der Waals surface area contributed by atoms with Crippen LogP contribution in [0.3, 0.4) is 0 Å². The fraction of sp³-hybridized carbons (Fsp3) is 0. The molecule has 4 aromatic carbocycles. The van der Waals surface area contributed by atoms with E-state index >= 15 is 0 Å². The summed E-state index contributed by atoms with van der Waals surface area (Å²) in [6.07, 6.45) is 0. The first-order valence-electron chi connectivity index (χ1n) is 12.8. The standard InChI is InChI=1S/C33H21N5O2/c39-32(22-12-3-1-4-13-22)37-28-20-9-7-16-24(28)35-30(37)26-18-11-19-27(34-26)31-36-25-17-8-10-21-29(25)38(31)33(40)23-14-5-2-6-15-23/h1-21H. The molecule has 0 atom stereocenters. The third-order valence-corrected chi connectivity index (χ3v) is 6.78. The van der Waals surface area contributed by atoms with Gasteiger partial charge in [0, 0.05) is 11.1 Å². The van der Waals surface area contributed by atoms with Gasteiger partial charge in [-0.05, 0) is 60.7 Å². The second-order valence-corrected chi connectivity index (χ2v) is 9.27. The lowest BCUT2D eigenvalue weighted by molar-refractivity contribution is 0.0958. The maximum atomic E-state index is 13.7. The number of hydrogen-bond donors (Lipinski definition) is 0. The van der Waals surface area contributed by atoms with Crippen molar-refractivity contribution in [2.75, 3.05) is 0 Å². The van der Waals surface area contributed by atoms with Crippen LogP contribution in [0.4, 0.5) is 0 Å². The summed E-state index contributed by atoms with van der Waals surface area (Å²) < 4.78 is 3.18. The lowest BCUT2D eigenvalue weighted by atomic mass is 10.2. The molecule has 0 aliphatic carbocycles. The number of carbonyl (C=O) groups excluding carboxylic acids is 2. The van der Waals surface area contributed by atoms with E-state index in [2.05, 4.69) is 0 Å². The number of carbonyl (C=O) groups is 2. The van der Waals surface area contributed by atoms with Crippen LogP contribution in [-0.2, 0) is 0 Å². The summed E-state index contributed by atoms with van der Waals surface area (Å²) in [7, 11) is 0. The predicted molar refractivity (Wildman–Crippen MR) is 154 cm³/mol. The van der Waals surface area contributed by atoms with Gasteiger partial charge in [-0.1, -0.05) is 66.7 Å². The molecule has 0 saturated heterocycles. The lowest BCUT2D eigenvalue weighted by Crippen LogP contribution is -2.15. The van der Waals surface area contributed by atoms with Crippen LogP contribution in [0.15, 0.2) is 127 Å². The highest BCUT2D eigenvalue weighted by atomic mass is 16.2. The van der Waals surface area contributed by atoms with E-state index < -0.39 is 0 Å². The normalized spacial score (nSPS) is 11.2. The van der Waals surface area contributed by atoms with Crippen molar-refractivity contribution in [2.45, 2.75) is 0 Å². The Hall–Kier alpha value is -5.69. The van der Waals surface area contributed by atoms with Crippen molar-refractivity contribution in [3.63, 3.8) is 0 Å². The Bertz CT molecular complexity index is 1900. The molecule has 0 bridgehead atoms. The zero-order chi connectivity index (χ0) is 27.1. The van der Waals surface area contributed by atoms with E-state index in [-0.39, 0.29) is 11.8 Å². The molecule has 0 aliphatic heterocycles. The molecule has 7 rings (SSSR count). The van der Waals surface area contributed by atoms with Crippen molar-refractivity contribution in [1.82, 2.24) is 24.1 Å². The minimum absolute atomic E-state index is 0.206. The second kappa shape index (κ2) is 9.56. The Morgan fingerprint density at radius 1 is 0.425 bits per heavy atom. The van der Waals surface area contributed by atoms with Gasteiger partial charge in [0.25, 0.3) is 11.8 Å². The Morgan fingerprint density at radius 2 is 0.825 bits per heavy atom. The van der Waals surface area contributed by atoms with Gasteiger partial charge < -0.3 is 0 Å². The third-order valence-electron chi connectivity index (χ3n) is 6.78. The summed E-state index contributed by atoms with van der Waals surface area (Å²) in [5, 5.41) is 0. The fourth-order valence-corrected chi connectivity index (χ4v) is 4.91. The first kappa shape index (κ1) is 23.4. The molecule has 0 unspecified atom stereocenters. The molecule has 7 aromatic rings. The number of benzene rings is 4. The molecule has 40 heavy (non-hydrogen) atoms. The molecular formula is C33H21N5O2. The molecule has 0 saturated carbocycles. The maximum absolute atomic E-state index is 13.7. The minimum Gasteiger partial charge on any atom is -0.268 e. The van der Waals surface area contributed by atoms with E-state index in [1.807, 2.05) is 103 Å². The van der Waals surface area contributed by atoms with Crippen LogP contribution in [0.25, 0.3) is 45.1 Å². The Morgan fingerprint density at radius 3 is 1.27 bits per heavy atom. The number of rotatable bonds is 4. The van der Waals surface area contributed by atoms with Gasteiger partial charge in [-0.15, -0.1) is 0 Å². The molecular weight excluding hydrogens is 498 g/mol. The zero-order valence-corrected chi connectivity index (χ0v) is 21.2. The largest absolute Gasteiger partial charge is 0.268 e. The summed E-state index contributed by atoms with van der Waals surface area (Å²) in [5.74, 6) is 0.411. The van der Waals surface area contributed by atoms with Crippen LogP contribution in [0.5, 0.6) is 0 Å². The van der Waals surface area contributed by atoms with E-state index in [1.54, 1.807) is 33.4 Å². The fourth-order valence-electron chi connectivity index (χ4n) is 4.91. The van der Waals surface area contributed by atoms with Crippen molar-refractivity contribution >= 4 is 33.9 Å². The summed E-state index contributed by atoms with van der Waals surface area (Å²) in [4.78, 5) is 41.9. The molecule has 0 N–H and O–H groups in total. The minimum atomic E-state index is -0.206. The molecule has 3 heterocycles. The van der Waals surface area contributed by atoms with Gasteiger partial charge >= 0.3 is 0 Å². The molecule has 3 aromatic heterocycles. The van der Waals surface area contributed by atoms with Crippen LogP contribution < -0.4 is 0 Å². The van der Waals surface area contributed by atoms with Gasteiger partial charge in [0.15, 0.2) is 11.6 Å². The Balaban J connectivity index is 1.42. The highest BCUT2D eigenvalue weighted by molar-refractivity contribution is 6.05. The van der Waals surface area contributed by atoms with Gasteiger partial charge in [0.1, 0.15) is 11.4 Å². The van der Waals surface area contributed by atoms with E-state index in [1.165, 1.54) is 0 Å². The quantitative estimate of drug-likeness (QED) is 0.265. The number of imidazole rings is 2. The molecule has 7 nitrogen and oxygen atoms in total. The van der Waals surface area contributed by atoms with Gasteiger partial charge in [0.2, 0.25) is 0 Å². The summed E-state index contributed by atoms with van der Waals surface area (Å²) in [5.41, 5.74) is 4.79. The third kappa shape index (κ3) is 3.88. The van der Waals surface area contributed by atoms with Crippen molar-refractivity contribution in [2.24, 2.45) is 0 Å². The number of para-hydroxylation sites is 4. The summed E-state index contributed by atoms with van der Waals surface area (Å²) in [6.45, 7) is 0. The van der Waals surface area contributed by atoms with E-state index in [4.69, 9.17) is 15.0 Å². The first-order valence-corrected chi connectivity index (χ1v) is 12.8. The molecule has 0 amide bonds. The SMILES string of the molecule is O=C(c1ccccc1)n1c(-c2cccc(-c3nc4ccccc4n3C(=O)c3ccccc3)n2)nc2ccccc21. The Labute approximate surface area is 229 Å². The van der Waals surface area contributed by atoms with Gasteiger partial charge in [-0.25, -0.2) is 15.0 Å². The number of aromatic nitrogens is 5. The van der Waals surface area contributed by atoms with E-state index in [0.717, 1.165) is 0 Å². The number of nitrogens with zero attached hydrogens (tertiary/aromatic N) is 5.